The van der Waals surface area contributed by atoms with Crippen LogP contribution in [0.2, 0.25) is 0 Å². The zero-order valence-electron chi connectivity index (χ0n) is 6.92. The Labute approximate surface area is 72.0 Å². The van der Waals surface area contributed by atoms with Gasteiger partial charge in [0.15, 0.2) is 0 Å². The van der Waals surface area contributed by atoms with Crippen molar-refractivity contribution in [1.29, 1.82) is 0 Å². The van der Waals surface area contributed by atoms with Crippen LogP contribution < -0.4 is 0 Å². The minimum absolute atomic E-state index is 0.760. The second-order valence-corrected chi connectivity index (χ2v) is 4.32. The van der Waals surface area contributed by atoms with Gasteiger partial charge in [-0.15, -0.1) is 11.8 Å². The first-order valence-corrected chi connectivity index (χ1v) is 4.99. The Morgan fingerprint density at radius 2 is 2.27 bits per heavy atom. The lowest BCUT2D eigenvalue weighted by Crippen LogP contribution is -1.88. The van der Waals surface area contributed by atoms with E-state index in [9.17, 15) is 0 Å². The fourth-order valence-electron chi connectivity index (χ4n) is 1.48. The molecule has 1 aromatic carbocycles. The van der Waals surface area contributed by atoms with Gasteiger partial charge in [0.1, 0.15) is 0 Å². The first-order chi connectivity index (χ1) is 5.27. The molecule has 0 fully saturated rings. The minimum atomic E-state index is 0.760. The highest BCUT2D eigenvalue weighted by atomic mass is 32.2. The maximum absolute atomic E-state index is 2.30. The predicted octanol–water partition coefficient (Wildman–Crippen LogP) is 3.20. The predicted molar refractivity (Wildman–Crippen MR) is 50.3 cm³/mol. The van der Waals surface area contributed by atoms with Crippen LogP contribution >= 0.6 is 11.8 Å². The average Bonchev–Trinajstić information content (AvgIpc) is 2.32. The summed E-state index contributed by atoms with van der Waals surface area (Å²) in [7, 11) is 0. The van der Waals surface area contributed by atoms with Crippen LogP contribution in [0.1, 0.15) is 24.0 Å². The van der Waals surface area contributed by atoms with Gasteiger partial charge in [-0.2, -0.15) is 0 Å². The highest BCUT2D eigenvalue weighted by molar-refractivity contribution is 7.99. The van der Waals surface area contributed by atoms with Crippen LogP contribution in [0.25, 0.3) is 0 Å². The summed E-state index contributed by atoms with van der Waals surface area (Å²) in [5.74, 6) is 2.02. The van der Waals surface area contributed by atoms with Crippen molar-refractivity contribution in [3.05, 3.63) is 29.3 Å². The van der Waals surface area contributed by atoms with Gasteiger partial charge in [0, 0.05) is 10.6 Å². The van der Waals surface area contributed by atoms with E-state index in [1.807, 2.05) is 11.8 Å². The van der Waals surface area contributed by atoms with Crippen LogP contribution in [0.4, 0.5) is 0 Å². The van der Waals surface area contributed by atoms with E-state index in [-0.39, 0.29) is 0 Å². The summed E-state index contributed by atoms with van der Waals surface area (Å²) in [6.45, 7) is 4.46. The number of hydrogen-bond acceptors (Lipinski definition) is 1. The van der Waals surface area contributed by atoms with Crippen LogP contribution in [-0.2, 0) is 0 Å². The third-order valence-electron chi connectivity index (χ3n) is 2.19. The lowest BCUT2D eigenvalue weighted by Gasteiger charge is -2.02. The van der Waals surface area contributed by atoms with E-state index in [1.54, 1.807) is 5.56 Å². The molecule has 0 aromatic heterocycles. The molecule has 0 spiro atoms. The Morgan fingerprint density at radius 1 is 1.45 bits per heavy atom. The van der Waals surface area contributed by atoms with Gasteiger partial charge in [-0.3, -0.25) is 0 Å². The summed E-state index contributed by atoms with van der Waals surface area (Å²) in [5.41, 5.74) is 2.92. The molecule has 0 amide bonds. The quantitative estimate of drug-likeness (QED) is 0.567. The maximum Gasteiger partial charge on any atom is 0.0110 e. The SMILES string of the molecule is Cc1ccc2c(c1)SCC2C. The molecule has 1 aromatic rings. The van der Waals surface area contributed by atoms with Crippen LogP contribution in [0, 0.1) is 6.92 Å². The smallest absolute Gasteiger partial charge is 0.0110 e. The van der Waals surface area contributed by atoms with E-state index in [0.29, 0.717) is 0 Å². The largest absolute Gasteiger partial charge is 0.125 e. The fourth-order valence-corrected chi connectivity index (χ4v) is 2.79. The number of fused-ring (bicyclic) bond motifs is 1. The van der Waals surface area contributed by atoms with Gasteiger partial charge in [0.25, 0.3) is 0 Å². The number of hydrogen-bond donors (Lipinski definition) is 0. The third-order valence-corrected chi connectivity index (χ3v) is 3.52. The van der Waals surface area contributed by atoms with Gasteiger partial charge in [0.2, 0.25) is 0 Å². The van der Waals surface area contributed by atoms with Gasteiger partial charge in [-0.25, -0.2) is 0 Å². The molecule has 1 aliphatic heterocycles. The number of thioether (sulfide) groups is 1. The molecular weight excluding hydrogens is 152 g/mol. The van der Waals surface area contributed by atoms with Crippen molar-refractivity contribution in [2.45, 2.75) is 24.7 Å². The zero-order chi connectivity index (χ0) is 7.84. The van der Waals surface area contributed by atoms with E-state index >= 15 is 0 Å². The summed E-state index contributed by atoms with van der Waals surface area (Å²) in [4.78, 5) is 1.50. The van der Waals surface area contributed by atoms with E-state index in [4.69, 9.17) is 0 Å². The molecule has 0 saturated carbocycles. The maximum atomic E-state index is 2.30. The minimum Gasteiger partial charge on any atom is -0.125 e. The first kappa shape index (κ1) is 7.23. The van der Waals surface area contributed by atoms with Crippen LogP contribution in [0.5, 0.6) is 0 Å². The highest BCUT2D eigenvalue weighted by Gasteiger charge is 2.18. The van der Waals surface area contributed by atoms with Crippen molar-refractivity contribution < 1.29 is 0 Å². The summed E-state index contributed by atoms with van der Waals surface area (Å²) in [6, 6.07) is 6.78. The summed E-state index contributed by atoms with van der Waals surface area (Å²) in [6.07, 6.45) is 0. The molecule has 0 bridgehead atoms. The van der Waals surface area contributed by atoms with Crippen molar-refractivity contribution in [2.24, 2.45) is 0 Å². The first-order valence-electron chi connectivity index (χ1n) is 4.01. The van der Waals surface area contributed by atoms with Crippen molar-refractivity contribution in [1.82, 2.24) is 0 Å². The Morgan fingerprint density at radius 3 is 3.09 bits per heavy atom. The second kappa shape index (κ2) is 2.56. The fraction of sp³-hybridized carbons (Fsp3) is 0.400. The normalized spacial score (nSPS) is 21.8. The number of aryl methyl sites for hydroxylation is 1. The van der Waals surface area contributed by atoms with Gasteiger partial charge in [0.05, 0.1) is 0 Å². The molecule has 1 heteroatoms. The summed E-state index contributed by atoms with van der Waals surface area (Å²) < 4.78 is 0. The van der Waals surface area contributed by atoms with Crippen molar-refractivity contribution >= 4 is 11.8 Å². The molecule has 0 aliphatic carbocycles. The molecule has 1 heterocycles. The Bertz CT molecular complexity index is 278. The van der Waals surface area contributed by atoms with Crippen LogP contribution in [0.3, 0.4) is 0 Å². The van der Waals surface area contributed by atoms with E-state index in [0.717, 1.165) is 5.92 Å². The molecule has 11 heavy (non-hydrogen) atoms. The standard InChI is InChI=1S/C10H12S/c1-7-3-4-9-8(2)6-11-10(9)5-7/h3-5,8H,6H2,1-2H3. The van der Waals surface area contributed by atoms with Crippen molar-refractivity contribution in [3.63, 3.8) is 0 Å². The monoisotopic (exact) mass is 164 g/mol. The lowest BCUT2D eigenvalue weighted by molar-refractivity contribution is 0.881. The Hall–Kier alpha value is -0.430. The number of rotatable bonds is 0. The summed E-state index contributed by atoms with van der Waals surface area (Å²) in [5, 5.41) is 0. The lowest BCUT2D eigenvalue weighted by atomic mass is 10.0. The molecule has 1 aliphatic rings. The number of benzene rings is 1. The van der Waals surface area contributed by atoms with Gasteiger partial charge in [-0.05, 0) is 24.5 Å². The Kier molecular flexibility index (Phi) is 1.68. The molecule has 1 atom stereocenters. The van der Waals surface area contributed by atoms with Crippen molar-refractivity contribution in [3.8, 4) is 0 Å². The molecule has 0 N–H and O–H groups in total. The molecule has 0 saturated heterocycles. The van der Waals surface area contributed by atoms with Gasteiger partial charge >= 0.3 is 0 Å². The van der Waals surface area contributed by atoms with E-state index in [1.165, 1.54) is 16.2 Å². The van der Waals surface area contributed by atoms with Crippen LogP contribution in [0.15, 0.2) is 23.1 Å². The molecule has 0 nitrogen and oxygen atoms in total. The molecule has 58 valence electrons. The third kappa shape index (κ3) is 1.18. The van der Waals surface area contributed by atoms with E-state index in [2.05, 4.69) is 32.0 Å². The topological polar surface area (TPSA) is 0 Å². The molecule has 0 radical (unpaired) electrons. The Balaban J connectivity index is 2.50. The van der Waals surface area contributed by atoms with Crippen molar-refractivity contribution in [2.75, 3.05) is 5.75 Å². The van der Waals surface area contributed by atoms with E-state index < -0.39 is 0 Å². The van der Waals surface area contributed by atoms with Gasteiger partial charge < -0.3 is 0 Å². The molecule has 2 rings (SSSR count). The highest BCUT2D eigenvalue weighted by Crippen LogP contribution is 2.39. The second-order valence-electron chi connectivity index (χ2n) is 3.25. The summed E-state index contributed by atoms with van der Waals surface area (Å²) >= 11 is 1.99. The average molecular weight is 164 g/mol. The van der Waals surface area contributed by atoms with Crippen LogP contribution in [-0.4, -0.2) is 5.75 Å². The zero-order valence-corrected chi connectivity index (χ0v) is 7.74. The molecule has 1 unspecified atom stereocenters. The van der Waals surface area contributed by atoms with Gasteiger partial charge in [-0.1, -0.05) is 24.6 Å². The molecular formula is C10H12S.